The molecule has 2 atom stereocenters. The summed E-state index contributed by atoms with van der Waals surface area (Å²) in [6, 6.07) is 0.0436. The van der Waals surface area contributed by atoms with E-state index in [0.717, 1.165) is 6.42 Å². The number of carbonyl (C=O) groups is 1. The van der Waals surface area contributed by atoms with Crippen molar-refractivity contribution in [3.05, 3.63) is 0 Å². The van der Waals surface area contributed by atoms with Gasteiger partial charge in [-0.15, -0.1) is 0 Å². The van der Waals surface area contributed by atoms with Crippen molar-refractivity contribution in [3.63, 3.8) is 0 Å². The summed E-state index contributed by atoms with van der Waals surface area (Å²) < 4.78 is 5.28. The molecule has 1 aliphatic rings. The van der Waals surface area contributed by atoms with E-state index in [-0.39, 0.29) is 17.8 Å². The van der Waals surface area contributed by atoms with Crippen LogP contribution < -0.4 is 5.73 Å². The summed E-state index contributed by atoms with van der Waals surface area (Å²) in [6.07, 6.45) is 1.41. The molecule has 1 rings (SSSR count). The molecular formula is C11H21N3O3. The third-order valence-electron chi connectivity index (χ3n) is 3.00. The van der Waals surface area contributed by atoms with E-state index in [0.29, 0.717) is 26.2 Å². The molecule has 0 aliphatic carbocycles. The van der Waals surface area contributed by atoms with Crippen LogP contribution in [0.5, 0.6) is 0 Å². The van der Waals surface area contributed by atoms with Crippen molar-refractivity contribution >= 4 is 11.7 Å². The van der Waals surface area contributed by atoms with E-state index in [1.807, 2.05) is 13.8 Å². The number of amidine groups is 1. The molecule has 6 heteroatoms. The maximum atomic E-state index is 12.3. The maximum Gasteiger partial charge on any atom is 0.233 e. The first kappa shape index (κ1) is 13.8. The predicted octanol–water partition coefficient (Wildman–Crippen LogP) is 0.396. The van der Waals surface area contributed by atoms with E-state index in [9.17, 15) is 4.79 Å². The second kappa shape index (κ2) is 6.44. The van der Waals surface area contributed by atoms with Gasteiger partial charge in [0.05, 0.1) is 25.2 Å². The van der Waals surface area contributed by atoms with Crippen molar-refractivity contribution in [3.8, 4) is 0 Å². The lowest BCUT2D eigenvalue weighted by Gasteiger charge is -2.35. The highest BCUT2D eigenvalue weighted by Crippen LogP contribution is 2.15. The molecule has 1 aliphatic heterocycles. The smallest absolute Gasteiger partial charge is 0.233 e. The number of nitrogens with two attached hydrogens (primary N) is 1. The van der Waals surface area contributed by atoms with Crippen molar-refractivity contribution in [2.75, 3.05) is 19.8 Å². The summed E-state index contributed by atoms with van der Waals surface area (Å²) in [5, 5.41) is 11.7. The Labute approximate surface area is 101 Å². The standard InChI is InChI=1S/C11H21N3O3/c1-3-4-9(10(12)13-16)11(15)14-5-6-17-7-8(14)2/h8-9,16H,3-7H2,1-2H3,(H2,12,13). The second-order valence-corrected chi connectivity index (χ2v) is 4.32. The van der Waals surface area contributed by atoms with Gasteiger partial charge in [-0.25, -0.2) is 0 Å². The van der Waals surface area contributed by atoms with Crippen LogP contribution in [0.3, 0.4) is 0 Å². The number of hydrogen-bond donors (Lipinski definition) is 2. The summed E-state index contributed by atoms with van der Waals surface area (Å²) in [4.78, 5) is 14.0. The lowest BCUT2D eigenvalue weighted by Crippen LogP contribution is -2.51. The molecule has 0 radical (unpaired) electrons. The zero-order valence-corrected chi connectivity index (χ0v) is 10.4. The molecule has 0 aromatic rings. The number of rotatable bonds is 4. The van der Waals surface area contributed by atoms with Crippen LogP contribution >= 0.6 is 0 Å². The Morgan fingerprint density at radius 3 is 2.94 bits per heavy atom. The molecule has 98 valence electrons. The Kier molecular flexibility index (Phi) is 5.21. The minimum absolute atomic E-state index is 0.00413. The van der Waals surface area contributed by atoms with Gasteiger partial charge in [0.1, 0.15) is 0 Å². The Hall–Kier alpha value is -1.30. The van der Waals surface area contributed by atoms with Crippen LogP contribution in [-0.2, 0) is 9.53 Å². The van der Waals surface area contributed by atoms with E-state index in [4.69, 9.17) is 15.7 Å². The van der Waals surface area contributed by atoms with E-state index in [2.05, 4.69) is 5.16 Å². The molecule has 17 heavy (non-hydrogen) atoms. The molecule has 0 aromatic carbocycles. The molecule has 3 N–H and O–H groups in total. The van der Waals surface area contributed by atoms with E-state index in [1.54, 1.807) is 4.90 Å². The summed E-state index contributed by atoms with van der Waals surface area (Å²) in [7, 11) is 0. The molecule has 1 amide bonds. The third-order valence-corrected chi connectivity index (χ3v) is 3.00. The summed E-state index contributed by atoms with van der Waals surface area (Å²) >= 11 is 0. The van der Waals surface area contributed by atoms with Crippen molar-refractivity contribution in [2.24, 2.45) is 16.8 Å². The zero-order chi connectivity index (χ0) is 12.8. The van der Waals surface area contributed by atoms with Gasteiger partial charge in [0.2, 0.25) is 5.91 Å². The number of amides is 1. The molecule has 1 heterocycles. The fraction of sp³-hybridized carbons (Fsp3) is 0.818. The van der Waals surface area contributed by atoms with Crippen LogP contribution in [0.25, 0.3) is 0 Å². The Balaban J connectivity index is 2.75. The molecule has 0 aromatic heterocycles. The average Bonchev–Trinajstić information content (AvgIpc) is 2.35. The molecule has 6 nitrogen and oxygen atoms in total. The fourth-order valence-electron chi connectivity index (χ4n) is 2.01. The molecular weight excluding hydrogens is 222 g/mol. The van der Waals surface area contributed by atoms with Crippen LogP contribution in [0.4, 0.5) is 0 Å². The summed E-state index contributed by atoms with van der Waals surface area (Å²) in [5.41, 5.74) is 5.58. The first-order valence-corrected chi connectivity index (χ1v) is 5.97. The monoisotopic (exact) mass is 243 g/mol. The highest BCUT2D eigenvalue weighted by molar-refractivity contribution is 6.02. The van der Waals surface area contributed by atoms with Gasteiger partial charge < -0.3 is 20.6 Å². The van der Waals surface area contributed by atoms with Crippen LogP contribution in [0.15, 0.2) is 5.16 Å². The fourth-order valence-corrected chi connectivity index (χ4v) is 2.01. The van der Waals surface area contributed by atoms with Gasteiger partial charge in [-0.3, -0.25) is 4.79 Å². The summed E-state index contributed by atoms with van der Waals surface area (Å²) in [5.74, 6) is -0.598. The van der Waals surface area contributed by atoms with Crippen molar-refractivity contribution in [1.82, 2.24) is 4.90 Å². The largest absolute Gasteiger partial charge is 0.409 e. The molecule has 2 unspecified atom stereocenters. The highest BCUT2D eigenvalue weighted by atomic mass is 16.5. The quantitative estimate of drug-likeness (QED) is 0.324. The number of nitrogens with zero attached hydrogens (tertiary/aromatic N) is 2. The van der Waals surface area contributed by atoms with Gasteiger partial charge in [0.15, 0.2) is 5.84 Å². The molecule has 1 fully saturated rings. The predicted molar refractivity (Wildman–Crippen MR) is 63.8 cm³/mol. The third kappa shape index (κ3) is 3.33. The van der Waals surface area contributed by atoms with Gasteiger partial charge in [0, 0.05) is 6.54 Å². The van der Waals surface area contributed by atoms with Gasteiger partial charge >= 0.3 is 0 Å². The van der Waals surface area contributed by atoms with Gasteiger partial charge in [-0.1, -0.05) is 18.5 Å². The molecule has 0 bridgehead atoms. The first-order valence-electron chi connectivity index (χ1n) is 5.97. The van der Waals surface area contributed by atoms with Gasteiger partial charge in [-0.2, -0.15) is 0 Å². The Morgan fingerprint density at radius 1 is 1.71 bits per heavy atom. The Bertz CT molecular complexity index is 294. The zero-order valence-electron chi connectivity index (χ0n) is 10.4. The van der Waals surface area contributed by atoms with E-state index < -0.39 is 5.92 Å². The lowest BCUT2D eigenvalue weighted by atomic mass is 9.99. The van der Waals surface area contributed by atoms with Crippen LogP contribution in [-0.4, -0.2) is 47.7 Å². The topological polar surface area (TPSA) is 88.2 Å². The van der Waals surface area contributed by atoms with E-state index in [1.165, 1.54) is 0 Å². The van der Waals surface area contributed by atoms with Crippen molar-refractivity contribution < 1.29 is 14.7 Å². The molecule has 1 saturated heterocycles. The maximum absolute atomic E-state index is 12.3. The van der Waals surface area contributed by atoms with Crippen molar-refractivity contribution in [2.45, 2.75) is 32.7 Å². The van der Waals surface area contributed by atoms with Gasteiger partial charge in [0.25, 0.3) is 0 Å². The van der Waals surface area contributed by atoms with Crippen LogP contribution in [0.1, 0.15) is 26.7 Å². The molecule has 0 spiro atoms. The lowest BCUT2D eigenvalue weighted by molar-refractivity contribution is -0.141. The van der Waals surface area contributed by atoms with Crippen LogP contribution in [0, 0.1) is 5.92 Å². The van der Waals surface area contributed by atoms with Gasteiger partial charge in [-0.05, 0) is 13.3 Å². The first-order chi connectivity index (χ1) is 8.11. The second-order valence-electron chi connectivity index (χ2n) is 4.32. The number of ether oxygens (including phenoxy) is 1. The normalized spacial score (nSPS) is 23.5. The Morgan fingerprint density at radius 2 is 2.41 bits per heavy atom. The van der Waals surface area contributed by atoms with Crippen LogP contribution in [0.2, 0.25) is 0 Å². The number of oxime groups is 1. The average molecular weight is 243 g/mol. The number of hydrogen-bond acceptors (Lipinski definition) is 4. The minimum atomic E-state index is -0.523. The number of morpholine rings is 1. The van der Waals surface area contributed by atoms with E-state index >= 15 is 0 Å². The summed E-state index contributed by atoms with van der Waals surface area (Å²) in [6.45, 7) is 5.56. The molecule has 0 saturated carbocycles. The SMILES string of the molecule is CCCC(C(=O)N1CCOCC1C)/C(N)=N/O. The number of carbonyl (C=O) groups excluding carboxylic acids is 1. The highest BCUT2D eigenvalue weighted by Gasteiger charge is 2.31. The minimum Gasteiger partial charge on any atom is -0.409 e. The van der Waals surface area contributed by atoms with Crippen molar-refractivity contribution in [1.29, 1.82) is 0 Å².